The number of nitrogens with one attached hydrogen (secondary N) is 1. The molecule has 1 aromatic heterocycles. The van der Waals surface area contributed by atoms with Crippen LogP contribution in [-0.4, -0.2) is 38.4 Å². The molecule has 1 heterocycles. The number of aromatic nitrogens is 2. The van der Waals surface area contributed by atoms with Crippen LogP contribution in [-0.2, 0) is 11.2 Å². The lowest BCUT2D eigenvalue weighted by molar-refractivity contribution is -0.138. The van der Waals surface area contributed by atoms with Crippen molar-refractivity contribution in [2.75, 3.05) is 0 Å². The molecule has 0 aliphatic rings. The molecule has 1 atom stereocenters. The van der Waals surface area contributed by atoms with Crippen molar-refractivity contribution in [3.63, 3.8) is 0 Å². The summed E-state index contributed by atoms with van der Waals surface area (Å²) in [6.45, 7) is 0. The lowest BCUT2D eigenvalue weighted by Crippen LogP contribution is -2.21. The summed E-state index contributed by atoms with van der Waals surface area (Å²) in [4.78, 5) is 21.8. The number of aromatic hydroxyl groups is 1. The number of nitrogens with zero attached hydrogens (tertiary/aromatic N) is 2. The van der Waals surface area contributed by atoms with Gasteiger partial charge in [-0.2, -0.15) is 0 Å². The number of aromatic amines is 1. The standard InChI is InChI=1S/C13H13N3O3/c17-11-3-1-9(2-4-11)6-15-12(13(18)19)5-10-7-14-8-16-10/h1-4,6-8,12,17H,5H2,(H,14,16)(H,18,19)/b15-6+. The first-order chi connectivity index (χ1) is 9.15. The Morgan fingerprint density at radius 3 is 2.74 bits per heavy atom. The first kappa shape index (κ1) is 12.8. The number of imidazole rings is 1. The van der Waals surface area contributed by atoms with Crippen LogP contribution in [0.5, 0.6) is 5.75 Å². The molecule has 6 nitrogen and oxygen atoms in total. The van der Waals surface area contributed by atoms with Crippen LogP contribution in [0.25, 0.3) is 0 Å². The number of phenols is 1. The largest absolute Gasteiger partial charge is 0.508 e. The minimum Gasteiger partial charge on any atom is -0.508 e. The fraction of sp³-hybridized carbons (Fsp3) is 0.154. The van der Waals surface area contributed by atoms with Crippen molar-refractivity contribution in [3.8, 4) is 5.75 Å². The van der Waals surface area contributed by atoms with Crippen molar-refractivity contribution >= 4 is 12.2 Å². The minimum atomic E-state index is -0.996. The highest BCUT2D eigenvalue weighted by molar-refractivity contribution is 5.83. The molecule has 1 unspecified atom stereocenters. The topological polar surface area (TPSA) is 98.6 Å². The summed E-state index contributed by atoms with van der Waals surface area (Å²) in [6, 6.07) is 5.49. The maximum absolute atomic E-state index is 11.1. The number of carbonyl (C=O) groups is 1. The Balaban J connectivity index is 2.08. The molecule has 0 aliphatic heterocycles. The predicted molar refractivity (Wildman–Crippen MR) is 69.4 cm³/mol. The molecular weight excluding hydrogens is 246 g/mol. The highest BCUT2D eigenvalue weighted by Gasteiger charge is 2.16. The molecule has 19 heavy (non-hydrogen) atoms. The Kier molecular flexibility index (Phi) is 3.92. The van der Waals surface area contributed by atoms with Crippen LogP contribution in [0.1, 0.15) is 11.3 Å². The Labute approximate surface area is 109 Å². The van der Waals surface area contributed by atoms with Gasteiger partial charge in [-0.3, -0.25) is 4.99 Å². The van der Waals surface area contributed by atoms with Gasteiger partial charge in [0, 0.05) is 24.5 Å². The van der Waals surface area contributed by atoms with Crippen molar-refractivity contribution in [3.05, 3.63) is 48.0 Å². The van der Waals surface area contributed by atoms with Crippen LogP contribution in [0.3, 0.4) is 0 Å². The summed E-state index contributed by atoms with van der Waals surface area (Å²) in [6.07, 6.45) is 4.81. The number of carboxylic acid groups (broad SMARTS) is 1. The van der Waals surface area contributed by atoms with E-state index in [-0.39, 0.29) is 12.2 Å². The zero-order valence-corrected chi connectivity index (χ0v) is 10.0. The van der Waals surface area contributed by atoms with Crippen molar-refractivity contribution in [1.29, 1.82) is 0 Å². The van der Waals surface area contributed by atoms with Gasteiger partial charge in [0.15, 0.2) is 6.04 Å². The van der Waals surface area contributed by atoms with Crippen LogP contribution in [0, 0.1) is 0 Å². The van der Waals surface area contributed by atoms with E-state index in [9.17, 15) is 4.79 Å². The molecule has 0 fully saturated rings. The first-order valence-corrected chi connectivity index (χ1v) is 5.67. The van der Waals surface area contributed by atoms with Gasteiger partial charge in [-0.05, 0) is 29.8 Å². The molecule has 0 bridgehead atoms. The third-order valence-electron chi connectivity index (χ3n) is 2.55. The quantitative estimate of drug-likeness (QED) is 0.703. The van der Waals surface area contributed by atoms with Crippen molar-refractivity contribution in [2.24, 2.45) is 4.99 Å². The Morgan fingerprint density at radius 2 is 2.16 bits per heavy atom. The molecule has 0 saturated carbocycles. The summed E-state index contributed by atoms with van der Waals surface area (Å²) in [5.41, 5.74) is 1.45. The van der Waals surface area contributed by atoms with Crippen LogP contribution in [0.4, 0.5) is 0 Å². The van der Waals surface area contributed by atoms with Gasteiger partial charge < -0.3 is 15.2 Å². The van der Waals surface area contributed by atoms with E-state index in [1.54, 1.807) is 18.3 Å². The van der Waals surface area contributed by atoms with Gasteiger partial charge in [-0.1, -0.05) is 0 Å². The third-order valence-corrected chi connectivity index (χ3v) is 2.55. The molecule has 6 heteroatoms. The zero-order valence-electron chi connectivity index (χ0n) is 10.0. The molecule has 98 valence electrons. The van der Waals surface area contributed by atoms with E-state index < -0.39 is 12.0 Å². The minimum absolute atomic E-state index is 0.157. The molecule has 0 amide bonds. The van der Waals surface area contributed by atoms with Gasteiger partial charge in [0.2, 0.25) is 0 Å². The lowest BCUT2D eigenvalue weighted by atomic mass is 10.1. The number of benzene rings is 1. The van der Waals surface area contributed by atoms with Crippen molar-refractivity contribution < 1.29 is 15.0 Å². The normalized spacial score (nSPS) is 12.6. The number of hydrogen-bond donors (Lipinski definition) is 3. The van der Waals surface area contributed by atoms with E-state index in [1.165, 1.54) is 24.7 Å². The smallest absolute Gasteiger partial charge is 0.328 e. The fourth-order valence-electron chi connectivity index (χ4n) is 1.54. The van der Waals surface area contributed by atoms with Crippen LogP contribution in [0.15, 0.2) is 41.8 Å². The van der Waals surface area contributed by atoms with Crippen LogP contribution >= 0.6 is 0 Å². The Morgan fingerprint density at radius 1 is 1.42 bits per heavy atom. The monoisotopic (exact) mass is 259 g/mol. The van der Waals surface area contributed by atoms with E-state index in [0.29, 0.717) is 0 Å². The second kappa shape index (κ2) is 5.81. The average Bonchev–Trinajstić information content (AvgIpc) is 2.89. The van der Waals surface area contributed by atoms with Crippen LogP contribution < -0.4 is 0 Å². The second-order valence-corrected chi connectivity index (χ2v) is 4.00. The SMILES string of the molecule is O=C(O)C(Cc1cnc[nH]1)/N=C/c1ccc(O)cc1. The summed E-state index contributed by atoms with van der Waals surface area (Å²) in [5.74, 6) is -0.839. The summed E-state index contributed by atoms with van der Waals surface area (Å²) in [5, 5.41) is 18.2. The molecule has 0 spiro atoms. The molecule has 2 aromatic rings. The highest BCUT2D eigenvalue weighted by atomic mass is 16.4. The zero-order chi connectivity index (χ0) is 13.7. The number of H-pyrrole nitrogens is 1. The maximum atomic E-state index is 11.1. The van der Waals surface area contributed by atoms with E-state index in [4.69, 9.17) is 10.2 Å². The summed E-state index contributed by atoms with van der Waals surface area (Å²) >= 11 is 0. The summed E-state index contributed by atoms with van der Waals surface area (Å²) < 4.78 is 0. The first-order valence-electron chi connectivity index (χ1n) is 5.67. The molecule has 0 saturated heterocycles. The predicted octanol–water partition coefficient (Wildman–Crippen LogP) is 1.23. The van der Waals surface area contributed by atoms with Gasteiger partial charge in [0.25, 0.3) is 0 Å². The fourth-order valence-corrected chi connectivity index (χ4v) is 1.54. The van der Waals surface area contributed by atoms with Crippen LogP contribution in [0.2, 0.25) is 0 Å². The number of rotatable bonds is 5. The molecule has 0 aliphatic carbocycles. The number of aliphatic carboxylic acids is 1. The molecule has 1 aromatic carbocycles. The number of hydrogen-bond acceptors (Lipinski definition) is 4. The molecule has 3 N–H and O–H groups in total. The van der Waals surface area contributed by atoms with Crippen molar-refractivity contribution in [1.82, 2.24) is 9.97 Å². The van der Waals surface area contributed by atoms with Crippen molar-refractivity contribution in [2.45, 2.75) is 12.5 Å². The van der Waals surface area contributed by atoms with Gasteiger partial charge in [0.05, 0.1) is 6.33 Å². The van der Waals surface area contributed by atoms with E-state index >= 15 is 0 Å². The van der Waals surface area contributed by atoms with E-state index in [1.807, 2.05) is 0 Å². The second-order valence-electron chi connectivity index (χ2n) is 4.00. The number of phenolic OH excluding ortho intramolecular Hbond substituents is 1. The molecule has 2 rings (SSSR count). The van der Waals surface area contributed by atoms with Gasteiger partial charge in [-0.15, -0.1) is 0 Å². The number of carboxylic acids is 1. The van der Waals surface area contributed by atoms with Gasteiger partial charge in [0.1, 0.15) is 5.75 Å². The van der Waals surface area contributed by atoms with Gasteiger partial charge in [-0.25, -0.2) is 9.78 Å². The highest BCUT2D eigenvalue weighted by Crippen LogP contribution is 2.09. The maximum Gasteiger partial charge on any atom is 0.328 e. The Bertz CT molecular complexity index is 561. The third kappa shape index (κ3) is 3.67. The molecular formula is C13H13N3O3. The lowest BCUT2D eigenvalue weighted by Gasteiger charge is -2.05. The van der Waals surface area contributed by atoms with E-state index in [0.717, 1.165) is 11.3 Å². The average molecular weight is 259 g/mol. The summed E-state index contributed by atoms with van der Waals surface area (Å²) in [7, 11) is 0. The number of aliphatic imine (C=N–C) groups is 1. The van der Waals surface area contributed by atoms with Gasteiger partial charge >= 0.3 is 5.97 Å². The Hall–Kier alpha value is -2.63. The molecule has 0 radical (unpaired) electrons. The van der Waals surface area contributed by atoms with E-state index in [2.05, 4.69) is 15.0 Å².